The summed E-state index contributed by atoms with van der Waals surface area (Å²) in [5.74, 6) is -1.61. The predicted octanol–water partition coefficient (Wildman–Crippen LogP) is 4.48. The van der Waals surface area contributed by atoms with Crippen molar-refractivity contribution in [1.82, 2.24) is 0 Å². The number of anilines is 1. The molecule has 0 unspecified atom stereocenters. The molecular formula is C19H21ClFNO4. The molecule has 0 amide bonds. The van der Waals surface area contributed by atoms with Gasteiger partial charge in [-0.2, -0.15) is 0 Å². The van der Waals surface area contributed by atoms with E-state index in [4.69, 9.17) is 16.3 Å². The van der Waals surface area contributed by atoms with Gasteiger partial charge in [-0.1, -0.05) is 11.6 Å². The topological polar surface area (TPSA) is 70.0 Å². The number of ether oxygens (including phenoxy) is 1. The molecule has 0 spiro atoms. The second-order valence-corrected chi connectivity index (χ2v) is 7.36. The van der Waals surface area contributed by atoms with E-state index in [1.165, 1.54) is 18.2 Å². The lowest BCUT2D eigenvalue weighted by Crippen LogP contribution is -2.24. The average molecular weight is 382 g/mol. The smallest absolute Gasteiger partial charge is 0.342 e. The van der Waals surface area contributed by atoms with E-state index in [0.717, 1.165) is 6.07 Å². The lowest BCUT2D eigenvalue weighted by molar-refractivity contribution is 0.00668. The number of carbonyl (C=O) groups is 1. The zero-order chi connectivity index (χ0) is 19.6. The molecule has 0 radical (unpaired) electrons. The summed E-state index contributed by atoms with van der Waals surface area (Å²) < 4.78 is 18.7. The summed E-state index contributed by atoms with van der Waals surface area (Å²) in [4.78, 5) is 13.8. The van der Waals surface area contributed by atoms with E-state index in [2.05, 4.69) is 0 Å². The van der Waals surface area contributed by atoms with Gasteiger partial charge in [0.05, 0.1) is 5.02 Å². The second-order valence-electron chi connectivity index (χ2n) is 6.95. The molecule has 0 bridgehead atoms. The molecule has 0 aliphatic heterocycles. The minimum Gasteiger partial charge on any atom is -0.507 e. The number of hydrogen-bond acceptors (Lipinski definition) is 5. The zero-order valence-electron chi connectivity index (χ0n) is 15.0. The normalized spacial score (nSPS) is 11.3. The molecule has 0 atom stereocenters. The second kappa shape index (κ2) is 7.41. The fraction of sp³-hybridized carbons (Fsp3) is 0.316. The van der Waals surface area contributed by atoms with Crippen LogP contribution in [0.2, 0.25) is 5.02 Å². The van der Waals surface area contributed by atoms with Crippen molar-refractivity contribution in [2.24, 2.45) is 0 Å². The number of phenols is 2. The van der Waals surface area contributed by atoms with Gasteiger partial charge in [0, 0.05) is 30.9 Å². The van der Waals surface area contributed by atoms with Gasteiger partial charge in [0.1, 0.15) is 28.5 Å². The van der Waals surface area contributed by atoms with E-state index in [1.807, 2.05) is 0 Å². The van der Waals surface area contributed by atoms with Gasteiger partial charge in [-0.15, -0.1) is 0 Å². The minimum absolute atomic E-state index is 0.0497. The molecule has 0 saturated carbocycles. The Morgan fingerprint density at radius 1 is 1.23 bits per heavy atom. The SMILES string of the molecule is CN(Cc1cc(F)cc(Cl)c1O)c1ccc(C(=O)OC(C)(C)C)c(O)c1. The summed E-state index contributed by atoms with van der Waals surface area (Å²) in [5, 5.41) is 20.0. The van der Waals surface area contributed by atoms with E-state index in [9.17, 15) is 19.4 Å². The maximum atomic E-state index is 13.5. The molecular weight excluding hydrogens is 361 g/mol. The van der Waals surface area contributed by atoms with Gasteiger partial charge in [0.25, 0.3) is 0 Å². The number of phenolic OH excluding ortho intramolecular Hbond substituents is 2. The molecule has 0 fully saturated rings. The van der Waals surface area contributed by atoms with Gasteiger partial charge in [0.2, 0.25) is 0 Å². The number of halogens is 2. The Balaban J connectivity index is 2.22. The fourth-order valence-corrected chi connectivity index (χ4v) is 2.58. The molecule has 0 aromatic heterocycles. The third-order valence-corrected chi connectivity index (χ3v) is 3.84. The van der Waals surface area contributed by atoms with Crippen LogP contribution in [0.15, 0.2) is 30.3 Å². The lowest BCUT2D eigenvalue weighted by atomic mass is 10.1. The van der Waals surface area contributed by atoms with Crippen molar-refractivity contribution in [1.29, 1.82) is 0 Å². The summed E-state index contributed by atoms with van der Waals surface area (Å²) in [7, 11) is 1.69. The summed E-state index contributed by atoms with van der Waals surface area (Å²) in [6, 6.07) is 6.69. The van der Waals surface area contributed by atoms with Crippen molar-refractivity contribution in [2.75, 3.05) is 11.9 Å². The molecule has 2 aromatic rings. The molecule has 0 aliphatic rings. The van der Waals surface area contributed by atoms with Gasteiger partial charge < -0.3 is 19.8 Å². The number of esters is 1. The molecule has 0 aliphatic carbocycles. The van der Waals surface area contributed by atoms with Crippen LogP contribution in [0.1, 0.15) is 36.7 Å². The maximum absolute atomic E-state index is 13.5. The van der Waals surface area contributed by atoms with E-state index in [-0.39, 0.29) is 28.6 Å². The van der Waals surface area contributed by atoms with Gasteiger partial charge in [0.15, 0.2) is 0 Å². The highest BCUT2D eigenvalue weighted by atomic mass is 35.5. The first-order valence-corrected chi connectivity index (χ1v) is 8.30. The van der Waals surface area contributed by atoms with Crippen molar-refractivity contribution in [3.05, 3.63) is 52.3 Å². The Kier molecular flexibility index (Phi) is 5.66. The minimum atomic E-state index is -0.673. The van der Waals surface area contributed by atoms with E-state index < -0.39 is 17.4 Å². The lowest BCUT2D eigenvalue weighted by Gasteiger charge is -2.22. The molecule has 2 aromatic carbocycles. The number of benzene rings is 2. The Morgan fingerprint density at radius 2 is 1.88 bits per heavy atom. The van der Waals surface area contributed by atoms with Gasteiger partial charge in [-0.25, -0.2) is 9.18 Å². The molecule has 7 heteroatoms. The molecule has 5 nitrogen and oxygen atoms in total. The monoisotopic (exact) mass is 381 g/mol. The molecule has 0 saturated heterocycles. The van der Waals surface area contributed by atoms with E-state index in [0.29, 0.717) is 11.3 Å². The standard InChI is InChI=1S/C19H21ClFNO4/c1-19(2,3)26-18(25)14-6-5-13(9-16(14)23)22(4)10-11-7-12(21)8-15(20)17(11)24/h5-9,23-24H,10H2,1-4H3. The summed E-state index contributed by atoms with van der Waals surface area (Å²) in [5.41, 5.74) is 0.240. The van der Waals surface area contributed by atoms with Gasteiger partial charge in [-0.05, 0) is 45.0 Å². The number of hydrogen-bond donors (Lipinski definition) is 2. The number of aromatic hydroxyl groups is 2. The van der Waals surface area contributed by atoms with Crippen molar-refractivity contribution in [3.63, 3.8) is 0 Å². The Labute approximate surface area is 156 Å². The van der Waals surface area contributed by atoms with Crippen LogP contribution in [0.4, 0.5) is 10.1 Å². The third-order valence-electron chi connectivity index (χ3n) is 3.56. The van der Waals surface area contributed by atoms with Crippen LogP contribution in [0.3, 0.4) is 0 Å². The highest BCUT2D eigenvalue weighted by Gasteiger charge is 2.21. The predicted molar refractivity (Wildman–Crippen MR) is 98.5 cm³/mol. The van der Waals surface area contributed by atoms with Crippen LogP contribution in [0, 0.1) is 5.82 Å². The summed E-state index contributed by atoms with van der Waals surface area (Å²) in [6.45, 7) is 5.36. The average Bonchev–Trinajstić information content (AvgIpc) is 2.50. The van der Waals surface area contributed by atoms with Crippen LogP contribution in [0.5, 0.6) is 11.5 Å². The first kappa shape index (κ1) is 19.8. The number of rotatable bonds is 4. The highest BCUT2D eigenvalue weighted by molar-refractivity contribution is 6.32. The zero-order valence-corrected chi connectivity index (χ0v) is 15.8. The summed E-state index contributed by atoms with van der Waals surface area (Å²) >= 11 is 5.78. The molecule has 26 heavy (non-hydrogen) atoms. The molecule has 0 heterocycles. The Bertz CT molecular complexity index is 833. The summed E-state index contributed by atoms with van der Waals surface area (Å²) in [6.07, 6.45) is 0. The van der Waals surface area contributed by atoms with Crippen molar-refractivity contribution >= 4 is 23.3 Å². The van der Waals surface area contributed by atoms with Crippen molar-refractivity contribution in [3.8, 4) is 11.5 Å². The van der Waals surface area contributed by atoms with Crippen LogP contribution in [-0.2, 0) is 11.3 Å². The van der Waals surface area contributed by atoms with Crippen LogP contribution < -0.4 is 4.90 Å². The van der Waals surface area contributed by atoms with E-state index >= 15 is 0 Å². The number of carbonyl (C=O) groups excluding carboxylic acids is 1. The molecule has 140 valence electrons. The van der Waals surface area contributed by atoms with Crippen LogP contribution in [-0.4, -0.2) is 28.8 Å². The maximum Gasteiger partial charge on any atom is 0.342 e. The molecule has 2 N–H and O–H groups in total. The fourth-order valence-electron chi connectivity index (χ4n) is 2.35. The Morgan fingerprint density at radius 3 is 2.46 bits per heavy atom. The van der Waals surface area contributed by atoms with Gasteiger partial charge >= 0.3 is 5.97 Å². The van der Waals surface area contributed by atoms with Crippen molar-refractivity contribution < 1.29 is 24.1 Å². The highest BCUT2D eigenvalue weighted by Crippen LogP contribution is 2.32. The molecule has 2 rings (SSSR count). The van der Waals surface area contributed by atoms with Crippen LogP contribution >= 0.6 is 11.6 Å². The van der Waals surface area contributed by atoms with Crippen LogP contribution in [0.25, 0.3) is 0 Å². The Hall–Kier alpha value is -2.47. The third kappa shape index (κ3) is 4.79. The van der Waals surface area contributed by atoms with Crippen molar-refractivity contribution in [2.45, 2.75) is 32.9 Å². The van der Waals surface area contributed by atoms with Gasteiger partial charge in [-0.3, -0.25) is 0 Å². The quantitative estimate of drug-likeness (QED) is 0.764. The first-order chi connectivity index (χ1) is 12.0. The van der Waals surface area contributed by atoms with E-state index in [1.54, 1.807) is 38.8 Å². The largest absolute Gasteiger partial charge is 0.507 e. The first-order valence-electron chi connectivity index (χ1n) is 7.92. The number of nitrogens with zero attached hydrogens (tertiary/aromatic N) is 1.